The third kappa shape index (κ3) is 8.15. The third-order valence-electron chi connectivity index (χ3n) is 5.17. The third-order valence-corrected chi connectivity index (χ3v) is 5.17. The van der Waals surface area contributed by atoms with E-state index in [0.29, 0.717) is 11.3 Å². The van der Waals surface area contributed by atoms with Crippen molar-refractivity contribution < 1.29 is 32.9 Å². The van der Waals surface area contributed by atoms with E-state index in [0.717, 1.165) is 17.0 Å². The van der Waals surface area contributed by atoms with Crippen LogP contribution in [0.3, 0.4) is 0 Å². The number of amides is 1. The topological polar surface area (TPSA) is 104 Å². The van der Waals surface area contributed by atoms with Gasteiger partial charge in [0.1, 0.15) is 40.4 Å². The molecule has 0 saturated carbocycles. The summed E-state index contributed by atoms with van der Waals surface area (Å²) in [6.45, 7) is 11.9. The molecule has 0 heterocycles. The van der Waals surface area contributed by atoms with Gasteiger partial charge in [-0.15, -0.1) is 0 Å². The van der Waals surface area contributed by atoms with E-state index in [2.05, 4.69) is 5.32 Å². The molecule has 10 heteroatoms. The highest BCUT2D eigenvalue weighted by Gasteiger charge is 2.30. The number of nitrogens with zero attached hydrogens (tertiary/aromatic N) is 2. The van der Waals surface area contributed by atoms with Crippen molar-refractivity contribution in [1.29, 1.82) is 5.26 Å². The average Bonchev–Trinajstić information content (AvgIpc) is 2.78. The zero-order valence-corrected chi connectivity index (χ0v) is 23.5. The van der Waals surface area contributed by atoms with Gasteiger partial charge in [0.05, 0.1) is 17.0 Å². The van der Waals surface area contributed by atoms with Gasteiger partial charge in [-0.25, -0.2) is 13.6 Å². The van der Waals surface area contributed by atoms with Crippen LogP contribution in [0.2, 0.25) is 0 Å². The first-order valence-corrected chi connectivity index (χ1v) is 12.5. The van der Waals surface area contributed by atoms with Crippen LogP contribution in [0.5, 0.6) is 11.5 Å². The van der Waals surface area contributed by atoms with Crippen LogP contribution in [-0.4, -0.2) is 28.8 Å². The highest BCUT2D eigenvalue weighted by Crippen LogP contribution is 2.39. The number of benzene rings is 3. The standard InChI is InChI=1S/C30H33F2N3O5/c1-18-11-12-24(23(32)13-18)35(28(37)40-30(5,6)7)25-14-19(31)15-26(22(25)17-33)38-21-10-8-9-20(16-21)34-27(36)39-29(2,3)4/h8-16,28,37H,1-7H3,(H,34,36). The molecular weight excluding hydrogens is 520 g/mol. The number of aliphatic hydroxyl groups excluding tert-OH is 1. The molecule has 0 aromatic heterocycles. The number of ether oxygens (including phenoxy) is 3. The van der Waals surface area contributed by atoms with E-state index >= 15 is 4.39 Å². The van der Waals surface area contributed by atoms with Crippen LogP contribution >= 0.6 is 0 Å². The maximum absolute atomic E-state index is 15.2. The fourth-order valence-corrected chi connectivity index (χ4v) is 3.68. The van der Waals surface area contributed by atoms with E-state index < -0.39 is 35.3 Å². The van der Waals surface area contributed by atoms with Gasteiger partial charge in [0.25, 0.3) is 0 Å². The lowest BCUT2D eigenvalue weighted by molar-refractivity contribution is -0.160. The number of hydrogen-bond donors (Lipinski definition) is 2. The zero-order chi connectivity index (χ0) is 29.8. The number of carbonyl (C=O) groups excluding carboxylic acids is 1. The Labute approximate surface area is 232 Å². The Bertz CT molecular complexity index is 1420. The Morgan fingerprint density at radius 3 is 2.30 bits per heavy atom. The smallest absolute Gasteiger partial charge is 0.412 e. The molecule has 40 heavy (non-hydrogen) atoms. The minimum Gasteiger partial charge on any atom is -0.456 e. The maximum atomic E-state index is 15.2. The molecule has 0 aliphatic heterocycles. The van der Waals surface area contributed by atoms with Crippen LogP contribution in [0.15, 0.2) is 54.6 Å². The van der Waals surface area contributed by atoms with Gasteiger partial charge in [0.2, 0.25) is 6.41 Å². The number of hydrogen-bond acceptors (Lipinski definition) is 7. The van der Waals surface area contributed by atoms with E-state index in [-0.39, 0.29) is 28.4 Å². The maximum Gasteiger partial charge on any atom is 0.412 e. The van der Waals surface area contributed by atoms with Crippen molar-refractivity contribution in [2.75, 3.05) is 10.2 Å². The number of aliphatic hydroxyl groups is 1. The summed E-state index contributed by atoms with van der Waals surface area (Å²) >= 11 is 0. The summed E-state index contributed by atoms with van der Waals surface area (Å²) in [4.78, 5) is 13.2. The molecule has 0 radical (unpaired) electrons. The molecule has 3 aromatic carbocycles. The van der Waals surface area contributed by atoms with E-state index in [4.69, 9.17) is 14.2 Å². The van der Waals surface area contributed by atoms with E-state index in [1.54, 1.807) is 72.7 Å². The Hall–Kier alpha value is -4.20. The molecule has 1 atom stereocenters. The molecular formula is C30H33F2N3O5. The minimum absolute atomic E-state index is 0.140. The van der Waals surface area contributed by atoms with Crippen LogP contribution in [0.1, 0.15) is 52.7 Å². The molecule has 8 nitrogen and oxygen atoms in total. The second-order valence-electron chi connectivity index (χ2n) is 11.0. The Balaban J connectivity index is 2.07. The summed E-state index contributed by atoms with van der Waals surface area (Å²) < 4.78 is 46.9. The van der Waals surface area contributed by atoms with Gasteiger partial charge >= 0.3 is 6.09 Å². The Morgan fingerprint density at radius 2 is 1.70 bits per heavy atom. The van der Waals surface area contributed by atoms with Crippen molar-refractivity contribution in [2.24, 2.45) is 0 Å². The summed E-state index contributed by atoms with van der Waals surface area (Å²) in [5, 5.41) is 23.7. The molecule has 0 spiro atoms. The van der Waals surface area contributed by atoms with Crippen LogP contribution in [0, 0.1) is 29.9 Å². The summed E-state index contributed by atoms with van der Waals surface area (Å²) in [7, 11) is 0. The minimum atomic E-state index is -1.79. The molecule has 0 aliphatic carbocycles. The highest BCUT2D eigenvalue weighted by molar-refractivity contribution is 5.85. The average molecular weight is 554 g/mol. The lowest BCUT2D eigenvalue weighted by Crippen LogP contribution is -2.40. The van der Waals surface area contributed by atoms with Crippen LogP contribution in [0.25, 0.3) is 0 Å². The van der Waals surface area contributed by atoms with Crippen molar-refractivity contribution >= 4 is 23.2 Å². The summed E-state index contributed by atoms with van der Waals surface area (Å²) in [5.74, 6) is -1.56. The Morgan fingerprint density at radius 1 is 1.00 bits per heavy atom. The van der Waals surface area contributed by atoms with E-state index in [1.165, 1.54) is 18.2 Å². The van der Waals surface area contributed by atoms with Crippen molar-refractivity contribution in [3.05, 3.63) is 77.4 Å². The lowest BCUT2D eigenvalue weighted by Gasteiger charge is -2.35. The van der Waals surface area contributed by atoms with Gasteiger partial charge in [0.15, 0.2) is 0 Å². The zero-order valence-electron chi connectivity index (χ0n) is 23.5. The SMILES string of the molecule is Cc1ccc(N(c2cc(F)cc(Oc3cccc(NC(=O)OC(C)(C)C)c3)c2C#N)C(O)OC(C)(C)C)c(F)c1. The van der Waals surface area contributed by atoms with Gasteiger partial charge < -0.3 is 19.3 Å². The number of nitrogens with one attached hydrogen (secondary N) is 1. The molecule has 0 aliphatic rings. The second-order valence-corrected chi connectivity index (χ2v) is 11.0. The first-order chi connectivity index (χ1) is 18.6. The number of carbonyl (C=O) groups is 1. The van der Waals surface area contributed by atoms with Crippen LogP contribution < -0.4 is 15.0 Å². The normalized spacial score (nSPS) is 12.3. The van der Waals surface area contributed by atoms with E-state index in [1.807, 2.05) is 6.07 Å². The summed E-state index contributed by atoms with van der Waals surface area (Å²) in [6, 6.07) is 14.4. The second kappa shape index (κ2) is 11.9. The molecule has 3 rings (SSSR count). The van der Waals surface area contributed by atoms with Crippen LogP contribution in [0.4, 0.5) is 30.6 Å². The number of anilines is 3. The quantitative estimate of drug-likeness (QED) is 0.292. The van der Waals surface area contributed by atoms with E-state index in [9.17, 15) is 19.6 Å². The first-order valence-electron chi connectivity index (χ1n) is 12.5. The largest absolute Gasteiger partial charge is 0.456 e. The van der Waals surface area contributed by atoms with Gasteiger partial charge in [-0.1, -0.05) is 12.1 Å². The van der Waals surface area contributed by atoms with Gasteiger partial charge in [0, 0.05) is 17.8 Å². The first kappa shape index (κ1) is 30.3. The molecule has 0 fully saturated rings. The highest BCUT2D eigenvalue weighted by atomic mass is 19.1. The molecule has 212 valence electrons. The number of rotatable bonds is 7. The van der Waals surface area contributed by atoms with Crippen LogP contribution in [-0.2, 0) is 9.47 Å². The monoisotopic (exact) mass is 553 g/mol. The molecule has 1 amide bonds. The van der Waals surface area contributed by atoms with Crippen molar-refractivity contribution in [1.82, 2.24) is 0 Å². The van der Waals surface area contributed by atoms with Crippen molar-refractivity contribution in [2.45, 2.75) is 66.1 Å². The molecule has 0 saturated heterocycles. The fourth-order valence-electron chi connectivity index (χ4n) is 3.68. The predicted octanol–water partition coefficient (Wildman–Crippen LogP) is 7.51. The summed E-state index contributed by atoms with van der Waals surface area (Å²) in [5.41, 5.74) is -1.14. The molecule has 1 unspecified atom stereocenters. The van der Waals surface area contributed by atoms with Gasteiger partial charge in [-0.05, 0) is 84.4 Å². The van der Waals surface area contributed by atoms with Gasteiger partial charge in [-0.3, -0.25) is 10.2 Å². The number of nitriles is 1. The predicted molar refractivity (Wildman–Crippen MR) is 148 cm³/mol. The number of halogens is 2. The van der Waals surface area contributed by atoms with Crippen molar-refractivity contribution in [3.8, 4) is 17.6 Å². The molecule has 3 aromatic rings. The number of aryl methyl sites for hydroxylation is 1. The molecule has 2 N–H and O–H groups in total. The lowest BCUT2D eigenvalue weighted by atomic mass is 10.1. The fraction of sp³-hybridized carbons (Fsp3) is 0.333. The molecule has 0 bridgehead atoms. The Kier molecular flexibility index (Phi) is 9.03. The summed E-state index contributed by atoms with van der Waals surface area (Å²) in [6.07, 6.45) is -2.47. The van der Waals surface area contributed by atoms with Crippen molar-refractivity contribution in [3.63, 3.8) is 0 Å². The van der Waals surface area contributed by atoms with Gasteiger partial charge in [-0.2, -0.15) is 5.26 Å².